The van der Waals surface area contributed by atoms with Gasteiger partial charge in [0.2, 0.25) is 0 Å². The minimum absolute atomic E-state index is 0.0793. The zero-order valence-corrected chi connectivity index (χ0v) is 15.9. The molecular formula is C20H25NO6. The maximum atomic E-state index is 12.3. The van der Waals surface area contributed by atoms with Gasteiger partial charge in [-0.25, -0.2) is 10.3 Å². The monoisotopic (exact) mass is 375 g/mol. The molecule has 0 aliphatic rings. The fourth-order valence-corrected chi connectivity index (χ4v) is 2.78. The molecule has 0 bridgehead atoms. The third kappa shape index (κ3) is 4.75. The van der Waals surface area contributed by atoms with E-state index in [1.165, 1.54) is 14.2 Å². The Morgan fingerprint density at radius 1 is 1.15 bits per heavy atom. The van der Waals surface area contributed by atoms with E-state index in [4.69, 9.17) is 9.57 Å². The van der Waals surface area contributed by atoms with Gasteiger partial charge < -0.3 is 14.6 Å². The van der Waals surface area contributed by atoms with Gasteiger partial charge in [0, 0.05) is 18.4 Å². The molecule has 0 aliphatic heterocycles. The number of carbonyl (C=O) groups is 2. The number of phenolic OH excluding ortho intramolecular Hbond substituents is 1. The molecule has 0 radical (unpaired) electrons. The molecular weight excluding hydrogens is 350 g/mol. The molecule has 0 aliphatic carbocycles. The van der Waals surface area contributed by atoms with Gasteiger partial charge in [-0.05, 0) is 17.9 Å². The Balaban J connectivity index is 2.20. The Kier molecular flexibility index (Phi) is 6.76. The first kappa shape index (κ1) is 20.7. The molecule has 2 aromatic carbocycles. The molecule has 0 amide bonds. The van der Waals surface area contributed by atoms with Crippen LogP contribution in [0.15, 0.2) is 36.4 Å². The number of benzene rings is 2. The van der Waals surface area contributed by atoms with Crippen LogP contribution in [0.1, 0.15) is 19.4 Å². The molecule has 2 aromatic rings. The molecule has 0 aromatic heterocycles. The molecule has 7 nitrogen and oxygen atoms in total. The van der Waals surface area contributed by atoms with Gasteiger partial charge >= 0.3 is 11.9 Å². The highest BCUT2D eigenvalue weighted by Gasteiger charge is 2.38. The van der Waals surface area contributed by atoms with E-state index in [1.807, 2.05) is 24.3 Å². The van der Waals surface area contributed by atoms with Gasteiger partial charge in [-0.3, -0.25) is 9.63 Å². The zero-order valence-electron chi connectivity index (χ0n) is 15.9. The van der Waals surface area contributed by atoms with Crippen molar-refractivity contribution in [1.82, 2.24) is 5.48 Å². The van der Waals surface area contributed by atoms with E-state index >= 15 is 0 Å². The van der Waals surface area contributed by atoms with Crippen molar-refractivity contribution in [3.05, 3.63) is 42.0 Å². The summed E-state index contributed by atoms with van der Waals surface area (Å²) in [5, 5.41) is 12.2. The van der Waals surface area contributed by atoms with E-state index in [0.29, 0.717) is 10.9 Å². The lowest BCUT2D eigenvalue weighted by atomic mass is 9.94. The number of ether oxygens (including phenoxy) is 2. The maximum absolute atomic E-state index is 12.3. The average Bonchev–Trinajstić information content (AvgIpc) is 2.68. The number of fused-ring (bicyclic) bond motifs is 1. The van der Waals surface area contributed by atoms with Crippen LogP contribution in [0.5, 0.6) is 5.75 Å². The van der Waals surface area contributed by atoms with Crippen molar-refractivity contribution in [2.75, 3.05) is 20.8 Å². The summed E-state index contributed by atoms with van der Waals surface area (Å²) in [6.07, 6.45) is 0.0793. The fraction of sp³-hybridized carbons (Fsp3) is 0.400. The van der Waals surface area contributed by atoms with E-state index in [1.54, 1.807) is 26.0 Å². The van der Waals surface area contributed by atoms with E-state index in [2.05, 4.69) is 10.2 Å². The van der Waals surface area contributed by atoms with Crippen molar-refractivity contribution < 1.29 is 29.0 Å². The van der Waals surface area contributed by atoms with E-state index < -0.39 is 23.5 Å². The molecule has 2 unspecified atom stereocenters. The number of methoxy groups -OCH3 is 2. The van der Waals surface area contributed by atoms with Crippen LogP contribution in [-0.4, -0.2) is 43.4 Å². The SMILES string of the molecule is COC(=O)C(C)CNOC(C)(Cc1ccc2ccccc2c1O)C(=O)OC. The Morgan fingerprint density at radius 3 is 2.52 bits per heavy atom. The summed E-state index contributed by atoms with van der Waals surface area (Å²) in [5.74, 6) is -1.35. The Labute approximate surface area is 158 Å². The van der Waals surface area contributed by atoms with Crippen molar-refractivity contribution in [2.24, 2.45) is 5.92 Å². The first-order valence-corrected chi connectivity index (χ1v) is 8.59. The quantitative estimate of drug-likeness (QED) is 0.540. The standard InChI is InChI=1S/C20H25NO6/c1-13(18(23)25-3)12-21-27-20(2,19(24)26-4)11-15-10-9-14-7-5-6-8-16(14)17(15)22/h5-10,13,21-22H,11-12H2,1-4H3. The summed E-state index contributed by atoms with van der Waals surface area (Å²) in [6.45, 7) is 3.39. The molecule has 0 saturated heterocycles. The minimum Gasteiger partial charge on any atom is -0.507 e. The van der Waals surface area contributed by atoms with Crippen molar-refractivity contribution in [3.63, 3.8) is 0 Å². The summed E-state index contributed by atoms with van der Waals surface area (Å²) in [4.78, 5) is 29.4. The number of phenols is 1. The third-order valence-corrected chi connectivity index (χ3v) is 4.42. The van der Waals surface area contributed by atoms with E-state index in [0.717, 1.165) is 5.39 Å². The Morgan fingerprint density at radius 2 is 1.85 bits per heavy atom. The molecule has 0 fully saturated rings. The molecule has 0 spiro atoms. The van der Waals surface area contributed by atoms with Crippen molar-refractivity contribution in [1.29, 1.82) is 0 Å². The van der Waals surface area contributed by atoms with Gasteiger partial charge in [0.05, 0.1) is 20.1 Å². The van der Waals surface area contributed by atoms with E-state index in [9.17, 15) is 14.7 Å². The van der Waals surface area contributed by atoms with Crippen LogP contribution < -0.4 is 5.48 Å². The second-order valence-corrected chi connectivity index (χ2v) is 6.57. The number of hydroxylamine groups is 1. The fourth-order valence-electron chi connectivity index (χ4n) is 2.78. The number of carbonyl (C=O) groups excluding carboxylic acids is 2. The van der Waals surface area contributed by atoms with Gasteiger partial charge in [0.1, 0.15) is 5.75 Å². The average molecular weight is 375 g/mol. The normalized spacial score (nSPS) is 14.4. The van der Waals surface area contributed by atoms with Crippen LogP contribution in [0.25, 0.3) is 10.8 Å². The van der Waals surface area contributed by atoms with Gasteiger partial charge in [-0.2, -0.15) is 0 Å². The number of esters is 2. The van der Waals surface area contributed by atoms with Crippen LogP contribution in [0.2, 0.25) is 0 Å². The molecule has 2 rings (SSSR count). The highest BCUT2D eigenvalue weighted by atomic mass is 16.7. The molecule has 0 saturated carbocycles. The smallest absolute Gasteiger partial charge is 0.340 e. The number of hydrogen-bond acceptors (Lipinski definition) is 7. The van der Waals surface area contributed by atoms with E-state index in [-0.39, 0.29) is 18.7 Å². The summed E-state index contributed by atoms with van der Waals surface area (Å²) >= 11 is 0. The first-order chi connectivity index (χ1) is 12.8. The molecule has 146 valence electrons. The largest absolute Gasteiger partial charge is 0.507 e. The summed E-state index contributed by atoms with van der Waals surface area (Å²) < 4.78 is 9.52. The lowest BCUT2D eigenvalue weighted by molar-refractivity contribution is -0.179. The van der Waals surface area contributed by atoms with Crippen LogP contribution in [0.4, 0.5) is 0 Å². The van der Waals surface area contributed by atoms with Crippen molar-refractivity contribution in [3.8, 4) is 5.75 Å². The van der Waals surface area contributed by atoms with Crippen LogP contribution in [0, 0.1) is 5.92 Å². The summed E-state index contributed by atoms with van der Waals surface area (Å²) in [6, 6.07) is 11.0. The second kappa shape index (κ2) is 8.83. The number of rotatable bonds is 8. The molecule has 0 heterocycles. The topological polar surface area (TPSA) is 94.1 Å². The molecule has 2 N–H and O–H groups in total. The van der Waals surface area contributed by atoms with Crippen molar-refractivity contribution >= 4 is 22.7 Å². The lowest BCUT2D eigenvalue weighted by Gasteiger charge is -2.27. The van der Waals surface area contributed by atoms with Crippen molar-refractivity contribution in [2.45, 2.75) is 25.9 Å². The highest BCUT2D eigenvalue weighted by Crippen LogP contribution is 2.32. The van der Waals surface area contributed by atoms with Gasteiger partial charge in [0.25, 0.3) is 0 Å². The number of hydrogen-bond donors (Lipinski definition) is 2. The maximum Gasteiger partial charge on any atom is 0.340 e. The second-order valence-electron chi connectivity index (χ2n) is 6.57. The predicted molar refractivity (Wildman–Crippen MR) is 100 cm³/mol. The summed E-state index contributed by atoms with van der Waals surface area (Å²) in [7, 11) is 2.57. The lowest BCUT2D eigenvalue weighted by Crippen LogP contribution is -2.46. The predicted octanol–water partition coefficient (Wildman–Crippen LogP) is 2.35. The van der Waals surface area contributed by atoms with Gasteiger partial charge in [0.15, 0.2) is 5.60 Å². The number of nitrogens with one attached hydrogen (secondary N) is 1. The molecule has 7 heteroatoms. The Bertz CT molecular complexity index is 821. The first-order valence-electron chi connectivity index (χ1n) is 8.59. The highest BCUT2D eigenvalue weighted by molar-refractivity contribution is 5.89. The van der Waals surface area contributed by atoms with Gasteiger partial charge in [-0.1, -0.05) is 43.3 Å². The Hall–Kier alpha value is -2.64. The molecule has 27 heavy (non-hydrogen) atoms. The molecule has 2 atom stereocenters. The van der Waals surface area contributed by atoms with Crippen LogP contribution in [-0.2, 0) is 30.3 Å². The minimum atomic E-state index is -1.40. The summed E-state index contributed by atoms with van der Waals surface area (Å²) in [5.41, 5.74) is 1.80. The zero-order chi connectivity index (χ0) is 20.0. The third-order valence-electron chi connectivity index (χ3n) is 4.42. The number of aromatic hydroxyl groups is 1. The van der Waals surface area contributed by atoms with Crippen LogP contribution >= 0.6 is 0 Å². The van der Waals surface area contributed by atoms with Gasteiger partial charge in [-0.15, -0.1) is 0 Å². The van der Waals surface area contributed by atoms with Crippen LogP contribution in [0.3, 0.4) is 0 Å².